The van der Waals surface area contributed by atoms with Gasteiger partial charge in [0.1, 0.15) is 4.33 Å². The molecule has 1 saturated carbocycles. The smallest absolute Gasteiger partial charge is 0.293 e. The lowest BCUT2D eigenvalue weighted by molar-refractivity contribution is -0.117. The summed E-state index contributed by atoms with van der Waals surface area (Å²) in [5, 5.41) is 6.49. The lowest BCUT2D eigenvalue weighted by Crippen LogP contribution is -2.18. The number of hydrogen-bond donors (Lipinski definition) is 2. The summed E-state index contributed by atoms with van der Waals surface area (Å²) in [6.07, 6.45) is 2.90. The van der Waals surface area contributed by atoms with Crippen molar-refractivity contribution < 1.29 is 9.59 Å². The van der Waals surface area contributed by atoms with Gasteiger partial charge in [0, 0.05) is 34.0 Å². The minimum atomic E-state index is -1.31. The van der Waals surface area contributed by atoms with Crippen LogP contribution in [0, 0.1) is 5.92 Å². The second-order valence-electron chi connectivity index (χ2n) is 7.04. The summed E-state index contributed by atoms with van der Waals surface area (Å²) < 4.78 is -1.31. The summed E-state index contributed by atoms with van der Waals surface area (Å²) in [5.41, 5.74) is 1.33. The Labute approximate surface area is 208 Å². The van der Waals surface area contributed by atoms with E-state index in [1.54, 1.807) is 30.3 Å². The third kappa shape index (κ3) is 4.80. The molecule has 0 unspecified atom stereocenters. The highest BCUT2D eigenvalue weighted by atomic mass is 35.5. The highest BCUT2D eigenvalue weighted by molar-refractivity contribution is 6.53. The molecule has 0 bridgehead atoms. The zero-order valence-corrected chi connectivity index (χ0v) is 19.7. The summed E-state index contributed by atoms with van der Waals surface area (Å²) in [5.74, 6) is -2.18. The fourth-order valence-electron chi connectivity index (χ4n) is 3.34. The molecule has 6 nitrogen and oxygen atoms in total. The van der Waals surface area contributed by atoms with Gasteiger partial charge in [-0.1, -0.05) is 34.8 Å². The molecule has 1 aliphatic rings. The molecule has 0 spiro atoms. The molecule has 1 fully saturated rings. The Bertz CT molecular complexity index is 1190. The van der Waals surface area contributed by atoms with Gasteiger partial charge in [0.05, 0.1) is 16.6 Å². The van der Waals surface area contributed by atoms with Crippen LogP contribution < -0.4 is 10.6 Å². The Balaban J connectivity index is 1.50. The molecule has 32 heavy (non-hydrogen) atoms. The van der Waals surface area contributed by atoms with Crippen molar-refractivity contribution in [2.24, 2.45) is 5.92 Å². The van der Waals surface area contributed by atoms with E-state index in [4.69, 9.17) is 58.0 Å². The Morgan fingerprint density at radius 3 is 2.22 bits per heavy atom. The largest absolute Gasteiger partial charge is 0.326 e. The van der Waals surface area contributed by atoms with Crippen LogP contribution in [0.4, 0.5) is 11.4 Å². The van der Waals surface area contributed by atoms with E-state index < -0.39 is 28.0 Å². The van der Waals surface area contributed by atoms with Crippen molar-refractivity contribution >= 4 is 81.2 Å². The molecule has 11 heteroatoms. The van der Waals surface area contributed by atoms with E-state index in [2.05, 4.69) is 20.6 Å². The Morgan fingerprint density at radius 1 is 0.906 bits per heavy atom. The zero-order valence-electron chi connectivity index (χ0n) is 16.0. The maximum absolute atomic E-state index is 12.9. The number of nitrogens with zero attached hydrogens (tertiary/aromatic N) is 2. The van der Waals surface area contributed by atoms with Gasteiger partial charge in [-0.3, -0.25) is 9.59 Å². The Kier molecular flexibility index (Phi) is 6.52. The molecule has 0 saturated heterocycles. The maximum Gasteiger partial charge on any atom is 0.293 e. The van der Waals surface area contributed by atoms with Crippen molar-refractivity contribution in [2.75, 3.05) is 10.6 Å². The number of hydrogen-bond acceptors (Lipinski definition) is 4. The van der Waals surface area contributed by atoms with Crippen molar-refractivity contribution in [3.05, 3.63) is 81.3 Å². The monoisotopic (exact) mass is 528 g/mol. The topological polar surface area (TPSA) is 84.0 Å². The van der Waals surface area contributed by atoms with Crippen LogP contribution >= 0.6 is 58.0 Å². The van der Waals surface area contributed by atoms with Crippen molar-refractivity contribution in [3.63, 3.8) is 0 Å². The van der Waals surface area contributed by atoms with E-state index in [0.717, 1.165) is 0 Å². The SMILES string of the molecule is O=C(Nc1cc(NC(=O)[C@H]2[C@H](c3cc(Cl)cc(Cl)c3)C2(Cl)Cl)ccc1Cl)c1ncccn1. The molecule has 0 aliphatic heterocycles. The normalized spacial score (nSPS) is 18.7. The molecule has 2 N–H and O–H groups in total. The van der Waals surface area contributed by atoms with E-state index in [9.17, 15) is 9.59 Å². The summed E-state index contributed by atoms with van der Waals surface area (Å²) in [6, 6.07) is 11.2. The zero-order chi connectivity index (χ0) is 23.0. The Hall–Kier alpha value is -2.09. The molecular formula is C21H13Cl5N4O2. The molecule has 164 valence electrons. The lowest BCUT2D eigenvalue weighted by atomic mass is 10.1. The summed E-state index contributed by atoms with van der Waals surface area (Å²) in [7, 11) is 0. The van der Waals surface area contributed by atoms with Crippen LogP contribution in [0.2, 0.25) is 15.1 Å². The summed E-state index contributed by atoms with van der Waals surface area (Å²) >= 11 is 31.1. The van der Waals surface area contributed by atoms with Crippen LogP contribution in [-0.4, -0.2) is 26.1 Å². The molecule has 2 amide bonds. The minimum absolute atomic E-state index is 0.0203. The van der Waals surface area contributed by atoms with Crippen LogP contribution in [0.25, 0.3) is 0 Å². The quantitative estimate of drug-likeness (QED) is 0.384. The van der Waals surface area contributed by atoms with E-state index in [0.29, 0.717) is 21.3 Å². The maximum atomic E-state index is 12.9. The fraction of sp³-hybridized carbons (Fsp3) is 0.143. The number of halogens is 5. The number of aromatic nitrogens is 2. The number of benzene rings is 2. The number of anilines is 2. The van der Waals surface area contributed by atoms with Gasteiger partial charge in [-0.2, -0.15) is 0 Å². The molecule has 1 aliphatic carbocycles. The first-order valence-corrected chi connectivity index (χ1v) is 11.1. The van der Waals surface area contributed by atoms with Gasteiger partial charge in [-0.15, -0.1) is 23.2 Å². The number of carbonyl (C=O) groups excluding carboxylic acids is 2. The van der Waals surface area contributed by atoms with Crippen molar-refractivity contribution in [2.45, 2.75) is 10.3 Å². The number of rotatable bonds is 5. The second-order valence-corrected chi connectivity index (χ2v) is 9.77. The molecule has 1 aromatic heterocycles. The number of nitrogens with one attached hydrogen (secondary N) is 2. The average molecular weight is 531 g/mol. The van der Waals surface area contributed by atoms with Crippen LogP contribution in [0.3, 0.4) is 0 Å². The highest BCUT2D eigenvalue weighted by Crippen LogP contribution is 2.65. The standard InChI is InChI=1S/C21H13Cl5N4O2/c22-11-6-10(7-12(23)8-11)16-17(21(16,25)26)19(31)29-13-2-3-14(24)15(9-13)30-20(32)18-27-4-1-5-28-18/h1-9,16-17H,(H,29,31)(H,30,32)/t16-,17+/m0/s1. The van der Waals surface area contributed by atoms with Crippen LogP contribution in [0.1, 0.15) is 22.1 Å². The van der Waals surface area contributed by atoms with Gasteiger partial charge in [0.15, 0.2) is 0 Å². The van der Waals surface area contributed by atoms with Gasteiger partial charge in [-0.05, 0) is 48.0 Å². The van der Waals surface area contributed by atoms with Gasteiger partial charge < -0.3 is 10.6 Å². The van der Waals surface area contributed by atoms with Crippen LogP contribution in [0.5, 0.6) is 0 Å². The van der Waals surface area contributed by atoms with Gasteiger partial charge in [0.2, 0.25) is 11.7 Å². The first-order valence-electron chi connectivity index (χ1n) is 9.19. The van der Waals surface area contributed by atoms with E-state index in [-0.39, 0.29) is 16.5 Å². The number of amides is 2. The van der Waals surface area contributed by atoms with E-state index >= 15 is 0 Å². The predicted molar refractivity (Wildman–Crippen MR) is 127 cm³/mol. The fourth-order valence-corrected chi connectivity index (χ4v) is 4.87. The molecular weight excluding hydrogens is 518 g/mol. The van der Waals surface area contributed by atoms with E-state index in [1.807, 2.05) is 0 Å². The number of carbonyl (C=O) groups is 2. The molecule has 4 rings (SSSR count). The summed E-state index contributed by atoms with van der Waals surface area (Å²) in [6.45, 7) is 0. The van der Waals surface area contributed by atoms with Crippen LogP contribution in [-0.2, 0) is 4.79 Å². The minimum Gasteiger partial charge on any atom is -0.326 e. The molecule has 1 heterocycles. The van der Waals surface area contributed by atoms with Crippen molar-refractivity contribution in [1.82, 2.24) is 9.97 Å². The van der Waals surface area contributed by atoms with Gasteiger partial charge in [-0.25, -0.2) is 9.97 Å². The average Bonchev–Trinajstić information content (AvgIpc) is 3.32. The lowest BCUT2D eigenvalue weighted by Gasteiger charge is -2.10. The van der Waals surface area contributed by atoms with Crippen molar-refractivity contribution in [3.8, 4) is 0 Å². The van der Waals surface area contributed by atoms with E-state index in [1.165, 1.54) is 24.5 Å². The van der Waals surface area contributed by atoms with Gasteiger partial charge >= 0.3 is 0 Å². The van der Waals surface area contributed by atoms with Crippen molar-refractivity contribution in [1.29, 1.82) is 0 Å². The third-order valence-electron chi connectivity index (χ3n) is 4.83. The highest BCUT2D eigenvalue weighted by Gasteiger charge is 2.67. The first kappa shape index (κ1) is 23.1. The summed E-state index contributed by atoms with van der Waals surface area (Å²) in [4.78, 5) is 33.0. The molecule has 2 atom stereocenters. The van der Waals surface area contributed by atoms with Gasteiger partial charge in [0.25, 0.3) is 5.91 Å². The molecule has 2 aromatic carbocycles. The Morgan fingerprint density at radius 2 is 1.56 bits per heavy atom. The first-order chi connectivity index (χ1) is 15.2. The van der Waals surface area contributed by atoms with Crippen LogP contribution in [0.15, 0.2) is 54.9 Å². The molecule has 0 radical (unpaired) electrons. The third-order valence-corrected chi connectivity index (χ3v) is 6.54. The number of alkyl halides is 2. The second kappa shape index (κ2) is 9.04. The molecule has 3 aromatic rings. The predicted octanol–water partition coefficient (Wildman–Crippen LogP) is 6.22.